The second-order valence-electron chi connectivity index (χ2n) is 7.59. The predicted octanol–water partition coefficient (Wildman–Crippen LogP) is 3.94. The first kappa shape index (κ1) is 18.3. The van der Waals surface area contributed by atoms with E-state index in [1.807, 2.05) is 55.5 Å². The first-order valence-electron chi connectivity index (χ1n) is 9.84. The Morgan fingerprint density at radius 2 is 2.13 bits per heavy atom. The Kier molecular flexibility index (Phi) is 4.62. The smallest absolute Gasteiger partial charge is 0.244 e. The molecule has 30 heavy (non-hydrogen) atoms. The number of benzene rings is 2. The molecule has 0 bridgehead atoms. The van der Waals surface area contributed by atoms with E-state index in [1.54, 1.807) is 6.33 Å². The number of imidazole rings is 1. The van der Waals surface area contributed by atoms with Gasteiger partial charge >= 0.3 is 0 Å². The van der Waals surface area contributed by atoms with Crippen LogP contribution in [-0.4, -0.2) is 25.0 Å². The monoisotopic (exact) mass is 396 g/mol. The summed E-state index contributed by atoms with van der Waals surface area (Å²) in [6, 6.07) is 17.9. The molecule has 4 aromatic rings. The molecule has 5 rings (SSSR count). The predicted molar refractivity (Wildman–Crippen MR) is 110 cm³/mol. The van der Waals surface area contributed by atoms with E-state index >= 15 is 0 Å². The van der Waals surface area contributed by atoms with Crippen molar-refractivity contribution < 1.29 is 4.52 Å². The maximum atomic E-state index is 9.22. The van der Waals surface area contributed by atoms with Gasteiger partial charge in [-0.25, -0.2) is 4.98 Å². The number of aromatic nitrogens is 4. The summed E-state index contributed by atoms with van der Waals surface area (Å²) in [4.78, 5) is 14.7. The van der Waals surface area contributed by atoms with Crippen LogP contribution in [0.5, 0.6) is 0 Å². The largest absolute Gasteiger partial charge is 0.347 e. The number of hydrogen-bond acceptors (Lipinski definition) is 6. The fraction of sp³-hybridized carbons (Fsp3) is 0.217. The van der Waals surface area contributed by atoms with Gasteiger partial charge in [0.05, 0.1) is 35.4 Å². The highest BCUT2D eigenvalue weighted by atomic mass is 16.5. The van der Waals surface area contributed by atoms with Crippen molar-refractivity contribution in [3.8, 4) is 17.5 Å². The van der Waals surface area contributed by atoms with Gasteiger partial charge in [-0.05, 0) is 30.7 Å². The molecule has 7 nitrogen and oxygen atoms in total. The van der Waals surface area contributed by atoms with Gasteiger partial charge in [0.2, 0.25) is 11.7 Å². The normalized spacial score (nSPS) is 16.2. The summed E-state index contributed by atoms with van der Waals surface area (Å²) >= 11 is 0. The minimum atomic E-state index is -0.0856. The van der Waals surface area contributed by atoms with Crippen LogP contribution in [0.4, 0.5) is 0 Å². The second-order valence-corrected chi connectivity index (χ2v) is 7.59. The lowest BCUT2D eigenvalue weighted by Gasteiger charge is -2.32. The van der Waals surface area contributed by atoms with E-state index in [0.717, 1.165) is 28.1 Å². The van der Waals surface area contributed by atoms with Gasteiger partial charge in [-0.15, -0.1) is 0 Å². The third kappa shape index (κ3) is 3.49. The molecule has 0 unspecified atom stereocenters. The molecular weight excluding hydrogens is 376 g/mol. The van der Waals surface area contributed by atoms with Gasteiger partial charge in [-0.1, -0.05) is 41.1 Å². The Balaban J connectivity index is 1.47. The van der Waals surface area contributed by atoms with Crippen molar-refractivity contribution in [3.05, 3.63) is 88.8 Å². The third-order valence-corrected chi connectivity index (χ3v) is 5.44. The Bertz CT molecular complexity index is 1230. The molecule has 2 aromatic heterocycles. The van der Waals surface area contributed by atoms with E-state index in [0.29, 0.717) is 36.8 Å². The molecular formula is C23H20N6O. The lowest BCUT2D eigenvalue weighted by molar-refractivity contribution is 0.128. The van der Waals surface area contributed by atoms with Gasteiger partial charge in [-0.3, -0.25) is 4.90 Å². The van der Waals surface area contributed by atoms with Crippen LogP contribution < -0.4 is 0 Å². The highest BCUT2D eigenvalue weighted by molar-refractivity contribution is 5.55. The van der Waals surface area contributed by atoms with Gasteiger partial charge in [0.1, 0.15) is 0 Å². The zero-order chi connectivity index (χ0) is 20.5. The molecule has 0 radical (unpaired) electrons. The SMILES string of the molecule is Cc1cccc(-c2noc([C@@H]3Cc4nc[nH]c4CN3Cc3cccc(C#N)c3)n2)c1. The summed E-state index contributed by atoms with van der Waals surface area (Å²) in [6.07, 6.45) is 2.42. The first-order chi connectivity index (χ1) is 14.7. The molecule has 0 saturated carbocycles. The number of hydrogen-bond donors (Lipinski definition) is 1. The van der Waals surface area contributed by atoms with Gasteiger partial charge in [-0.2, -0.15) is 10.2 Å². The average Bonchev–Trinajstić information content (AvgIpc) is 3.42. The molecule has 1 aliphatic heterocycles. The molecule has 2 aromatic carbocycles. The molecule has 3 heterocycles. The Labute approximate surface area is 174 Å². The summed E-state index contributed by atoms with van der Waals surface area (Å²) in [7, 11) is 0. The van der Waals surface area contributed by atoms with E-state index in [-0.39, 0.29) is 6.04 Å². The third-order valence-electron chi connectivity index (χ3n) is 5.44. The van der Waals surface area contributed by atoms with Crippen LogP contribution in [0.25, 0.3) is 11.4 Å². The van der Waals surface area contributed by atoms with Crippen LogP contribution in [0, 0.1) is 18.3 Å². The summed E-state index contributed by atoms with van der Waals surface area (Å²) < 4.78 is 5.71. The molecule has 1 aliphatic rings. The number of fused-ring (bicyclic) bond motifs is 1. The summed E-state index contributed by atoms with van der Waals surface area (Å²) in [5.41, 5.74) is 5.94. The molecule has 148 valence electrons. The number of aryl methyl sites for hydroxylation is 1. The minimum absolute atomic E-state index is 0.0856. The maximum absolute atomic E-state index is 9.22. The summed E-state index contributed by atoms with van der Waals surface area (Å²) in [5.74, 6) is 1.17. The zero-order valence-corrected chi connectivity index (χ0v) is 16.5. The van der Waals surface area contributed by atoms with Gasteiger partial charge in [0.15, 0.2) is 0 Å². The quantitative estimate of drug-likeness (QED) is 0.561. The van der Waals surface area contributed by atoms with Crippen molar-refractivity contribution in [2.45, 2.75) is 32.5 Å². The molecule has 1 atom stereocenters. The number of H-pyrrole nitrogens is 1. The van der Waals surface area contributed by atoms with Gasteiger partial charge in [0.25, 0.3) is 0 Å². The van der Waals surface area contributed by atoms with Crippen molar-refractivity contribution >= 4 is 0 Å². The molecule has 0 fully saturated rings. The summed E-state index contributed by atoms with van der Waals surface area (Å²) in [6.45, 7) is 3.40. The van der Waals surface area contributed by atoms with Crippen LogP contribution in [0.3, 0.4) is 0 Å². The molecule has 0 spiro atoms. The highest BCUT2D eigenvalue weighted by Crippen LogP contribution is 2.33. The fourth-order valence-electron chi connectivity index (χ4n) is 3.94. The van der Waals surface area contributed by atoms with E-state index in [2.05, 4.69) is 26.1 Å². The van der Waals surface area contributed by atoms with Crippen LogP contribution in [0.15, 0.2) is 59.4 Å². The molecule has 0 saturated heterocycles. The Morgan fingerprint density at radius 1 is 1.23 bits per heavy atom. The number of nitrogens with zero attached hydrogens (tertiary/aromatic N) is 5. The Hall–Kier alpha value is -3.76. The van der Waals surface area contributed by atoms with Crippen LogP contribution >= 0.6 is 0 Å². The van der Waals surface area contributed by atoms with Crippen molar-refractivity contribution in [1.29, 1.82) is 5.26 Å². The van der Waals surface area contributed by atoms with Crippen molar-refractivity contribution in [1.82, 2.24) is 25.0 Å². The zero-order valence-electron chi connectivity index (χ0n) is 16.5. The van der Waals surface area contributed by atoms with Crippen LogP contribution in [-0.2, 0) is 19.5 Å². The molecule has 7 heteroatoms. The summed E-state index contributed by atoms with van der Waals surface area (Å²) in [5, 5.41) is 13.5. The van der Waals surface area contributed by atoms with E-state index < -0.39 is 0 Å². The first-order valence-corrected chi connectivity index (χ1v) is 9.84. The van der Waals surface area contributed by atoms with Crippen molar-refractivity contribution in [3.63, 3.8) is 0 Å². The second kappa shape index (κ2) is 7.58. The number of nitriles is 1. The molecule has 0 amide bonds. The highest BCUT2D eigenvalue weighted by Gasteiger charge is 2.33. The fourth-order valence-corrected chi connectivity index (χ4v) is 3.94. The van der Waals surface area contributed by atoms with E-state index in [1.165, 1.54) is 0 Å². The van der Waals surface area contributed by atoms with Crippen LogP contribution in [0.2, 0.25) is 0 Å². The minimum Gasteiger partial charge on any atom is -0.347 e. The number of rotatable bonds is 4. The van der Waals surface area contributed by atoms with Crippen molar-refractivity contribution in [2.24, 2.45) is 0 Å². The standard InChI is InChI=1S/C23H20N6O/c1-15-4-2-7-18(8-15)22-27-23(30-28-22)21-10-19-20(26-14-25-19)13-29(21)12-17-6-3-5-16(9-17)11-24/h2-9,14,21H,10,12-13H2,1H3,(H,25,26)/t21-/m0/s1. The maximum Gasteiger partial charge on any atom is 0.244 e. The molecule has 0 aliphatic carbocycles. The van der Waals surface area contributed by atoms with Crippen molar-refractivity contribution in [2.75, 3.05) is 0 Å². The number of aromatic amines is 1. The average molecular weight is 396 g/mol. The Morgan fingerprint density at radius 3 is 3.00 bits per heavy atom. The lowest BCUT2D eigenvalue weighted by Crippen LogP contribution is -2.34. The topological polar surface area (TPSA) is 94.6 Å². The van der Waals surface area contributed by atoms with Gasteiger partial charge < -0.3 is 9.51 Å². The molecule has 1 N–H and O–H groups in total. The van der Waals surface area contributed by atoms with E-state index in [9.17, 15) is 5.26 Å². The lowest BCUT2D eigenvalue weighted by atomic mass is 10.0. The van der Waals surface area contributed by atoms with Crippen LogP contribution in [0.1, 0.15) is 40.0 Å². The van der Waals surface area contributed by atoms with E-state index in [4.69, 9.17) is 9.51 Å². The van der Waals surface area contributed by atoms with Gasteiger partial charge in [0, 0.05) is 25.1 Å². The number of nitrogens with one attached hydrogen (secondary N) is 1.